The van der Waals surface area contributed by atoms with E-state index in [0.29, 0.717) is 5.92 Å². The lowest BCUT2D eigenvalue weighted by Gasteiger charge is -2.13. The molecule has 82 valence electrons. The maximum atomic E-state index is 13.6. The third kappa shape index (κ3) is 2.89. The smallest absolute Gasteiger partial charge is 0.127 e. The molecular weight excluding hydrogens is 299 g/mol. The van der Waals surface area contributed by atoms with Gasteiger partial charge in [0, 0.05) is 15.6 Å². The molecule has 15 heavy (non-hydrogen) atoms. The Labute approximate surface area is 107 Å². The minimum absolute atomic E-state index is 0.134. The summed E-state index contributed by atoms with van der Waals surface area (Å²) in [5, 5.41) is 0.193. The van der Waals surface area contributed by atoms with Gasteiger partial charge < -0.3 is 0 Å². The number of alkyl halides is 1. The average Bonchev–Trinajstić information content (AvgIpc) is 2.57. The highest BCUT2D eigenvalue weighted by molar-refractivity contribution is 9.10. The molecule has 0 bridgehead atoms. The van der Waals surface area contributed by atoms with Crippen molar-refractivity contribution in [3.05, 3.63) is 34.1 Å². The largest absolute Gasteiger partial charge is 0.207 e. The van der Waals surface area contributed by atoms with E-state index in [1.54, 1.807) is 0 Å². The molecule has 0 spiro atoms. The number of benzene rings is 1. The Hall–Kier alpha value is 0.270. The van der Waals surface area contributed by atoms with Crippen molar-refractivity contribution >= 4 is 39.3 Å². The average molecular weight is 310 g/mol. The van der Waals surface area contributed by atoms with Gasteiger partial charge in [0.2, 0.25) is 0 Å². The van der Waals surface area contributed by atoms with Crippen molar-refractivity contribution in [2.45, 2.75) is 11.8 Å². The van der Waals surface area contributed by atoms with Gasteiger partial charge in [-0.25, -0.2) is 4.39 Å². The minimum Gasteiger partial charge on any atom is -0.207 e. The molecule has 1 heterocycles. The highest BCUT2D eigenvalue weighted by Crippen LogP contribution is 2.31. The molecular formula is C11H11BrClFS. The van der Waals surface area contributed by atoms with Crippen molar-refractivity contribution in [3.8, 4) is 0 Å². The summed E-state index contributed by atoms with van der Waals surface area (Å²) in [5.74, 6) is 2.31. The maximum absolute atomic E-state index is 13.6. The SMILES string of the molecule is Fc1cc(Br)ccc1CC1CSCC1Cl. The molecule has 1 aromatic carbocycles. The number of hydrogen-bond acceptors (Lipinski definition) is 1. The summed E-state index contributed by atoms with van der Waals surface area (Å²) in [7, 11) is 0. The van der Waals surface area contributed by atoms with Crippen LogP contribution < -0.4 is 0 Å². The van der Waals surface area contributed by atoms with Crippen LogP contribution in [-0.2, 0) is 6.42 Å². The van der Waals surface area contributed by atoms with Crippen LogP contribution in [0.15, 0.2) is 22.7 Å². The van der Waals surface area contributed by atoms with Gasteiger partial charge >= 0.3 is 0 Å². The van der Waals surface area contributed by atoms with Gasteiger partial charge in [0.05, 0.1) is 0 Å². The molecule has 2 rings (SSSR count). The summed E-state index contributed by atoms with van der Waals surface area (Å²) >= 11 is 11.3. The van der Waals surface area contributed by atoms with Gasteiger partial charge in [-0.2, -0.15) is 11.8 Å². The number of hydrogen-bond donors (Lipinski definition) is 0. The Morgan fingerprint density at radius 1 is 1.47 bits per heavy atom. The van der Waals surface area contributed by atoms with Crippen molar-refractivity contribution < 1.29 is 4.39 Å². The van der Waals surface area contributed by atoms with Crippen LogP contribution in [-0.4, -0.2) is 16.9 Å². The second-order valence-corrected chi connectivity index (χ2v) is 6.30. The Morgan fingerprint density at radius 2 is 2.27 bits per heavy atom. The second-order valence-electron chi connectivity index (χ2n) is 3.75. The van der Waals surface area contributed by atoms with Crippen molar-refractivity contribution in [3.63, 3.8) is 0 Å². The van der Waals surface area contributed by atoms with Crippen molar-refractivity contribution in [1.82, 2.24) is 0 Å². The number of rotatable bonds is 2. The molecule has 0 amide bonds. The van der Waals surface area contributed by atoms with Gasteiger partial charge in [-0.3, -0.25) is 0 Å². The fourth-order valence-corrected chi connectivity index (χ4v) is 3.90. The van der Waals surface area contributed by atoms with E-state index in [4.69, 9.17) is 11.6 Å². The molecule has 1 fully saturated rings. The van der Waals surface area contributed by atoms with E-state index in [2.05, 4.69) is 15.9 Å². The van der Waals surface area contributed by atoms with Crippen LogP contribution in [0.25, 0.3) is 0 Å². The highest BCUT2D eigenvalue weighted by atomic mass is 79.9. The predicted octanol–water partition coefficient (Wildman–Crippen LogP) is 4.10. The van der Waals surface area contributed by atoms with Crippen LogP contribution in [0, 0.1) is 11.7 Å². The first-order valence-corrected chi connectivity index (χ1v) is 7.21. The summed E-state index contributed by atoms with van der Waals surface area (Å²) in [6.45, 7) is 0. The fraction of sp³-hybridized carbons (Fsp3) is 0.455. The summed E-state index contributed by atoms with van der Waals surface area (Å²) in [5.41, 5.74) is 0.774. The van der Waals surface area contributed by atoms with E-state index in [9.17, 15) is 4.39 Å². The zero-order chi connectivity index (χ0) is 10.8. The van der Waals surface area contributed by atoms with E-state index < -0.39 is 0 Å². The molecule has 1 aliphatic heterocycles. The molecule has 0 aliphatic carbocycles. The van der Waals surface area contributed by atoms with Gasteiger partial charge in [0.25, 0.3) is 0 Å². The van der Waals surface area contributed by atoms with Gasteiger partial charge in [-0.1, -0.05) is 22.0 Å². The van der Waals surface area contributed by atoms with E-state index in [1.807, 2.05) is 23.9 Å². The number of thioether (sulfide) groups is 1. The molecule has 0 radical (unpaired) electrons. The van der Waals surface area contributed by atoms with E-state index in [0.717, 1.165) is 28.0 Å². The molecule has 0 N–H and O–H groups in total. The zero-order valence-corrected chi connectivity index (χ0v) is 11.2. The first kappa shape index (κ1) is 11.7. The van der Waals surface area contributed by atoms with E-state index >= 15 is 0 Å². The minimum atomic E-state index is -0.134. The molecule has 2 unspecified atom stereocenters. The van der Waals surface area contributed by atoms with E-state index in [-0.39, 0.29) is 11.2 Å². The first-order valence-electron chi connectivity index (χ1n) is 4.82. The quantitative estimate of drug-likeness (QED) is 0.741. The summed E-state index contributed by atoms with van der Waals surface area (Å²) in [6, 6.07) is 5.23. The van der Waals surface area contributed by atoms with Crippen LogP contribution in [0.1, 0.15) is 5.56 Å². The van der Waals surface area contributed by atoms with Crippen molar-refractivity contribution in [2.24, 2.45) is 5.92 Å². The molecule has 0 aromatic heterocycles. The lowest BCUT2D eigenvalue weighted by Crippen LogP contribution is -2.15. The van der Waals surface area contributed by atoms with Gasteiger partial charge in [0.1, 0.15) is 5.82 Å². The predicted molar refractivity (Wildman–Crippen MR) is 68.3 cm³/mol. The van der Waals surface area contributed by atoms with E-state index in [1.165, 1.54) is 6.07 Å². The van der Waals surface area contributed by atoms with Crippen molar-refractivity contribution in [1.29, 1.82) is 0 Å². The Balaban J connectivity index is 2.10. The Kier molecular flexibility index (Phi) is 3.97. The molecule has 1 aliphatic rings. The monoisotopic (exact) mass is 308 g/mol. The summed E-state index contributed by atoms with van der Waals surface area (Å²) < 4.78 is 14.3. The topological polar surface area (TPSA) is 0 Å². The normalized spacial score (nSPS) is 25.8. The fourth-order valence-electron chi connectivity index (χ4n) is 1.73. The molecule has 0 saturated carbocycles. The van der Waals surface area contributed by atoms with Crippen molar-refractivity contribution in [2.75, 3.05) is 11.5 Å². The Bertz CT molecular complexity index is 358. The first-order chi connectivity index (χ1) is 7.16. The van der Waals surface area contributed by atoms with Gasteiger partial charge in [0.15, 0.2) is 0 Å². The molecule has 0 nitrogen and oxygen atoms in total. The highest BCUT2D eigenvalue weighted by Gasteiger charge is 2.26. The second kappa shape index (κ2) is 5.07. The van der Waals surface area contributed by atoms with Crippen LogP contribution in [0.4, 0.5) is 4.39 Å². The summed E-state index contributed by atoms with van der Waals surface area (Å²) in [4.78, 5) is 0. The molecule has 4 heteroatoms. The maximum Gasteiger partial charge on any atom is 0.127 e. The third-order valence-electron chi connectivity index (χ3n) is 2.62. The Morgan fingerprint density at radius 3 is 2.87 bits per heavy atom. The summed E-state index contributed by atoms with van der Waals surface area (Å²) in [6.07, 6.45) is 0.750. The lowest BCUT2D eigenvalue weighted by atomic mass is 9.98. The molecule has 1 saturated heterocycles. The number of halogens is 3. The lowest BCUT2D eigenvalue weighted by molar-refractivity contribution is 0.556. The van der Waals surface area contributed by atoms with Gasteiger partial charge in [-0.05, 0) is 35.8 Å². The van der Waals surface area contributed by atoms with Crippen LogP contribution >= 0.6 is 39.3 Å². The molecule has 1 aromatic rings. The molecule has 2 atom stereocenters. The van der Waals surface area contributed by atoms with Crippen LogP contribution in [0.5, 0.6) is 0 Å². The van der Waals surface area contributed by atoms with Gasteiger partial charge in [-0.15, -0.1) is 11.6 Å². The standard InChI is InChI=1S/C11H11BrClFS/c12-9-2-1-7(11(14)4-9)3-8-5-15-6-10(8)13/h1-2,4,8,10H,3,5-6H2. The third-order valence-corrected chi connectivity index (χ3v) is 5.06. The zero-order valence-electron chi connectivity index (χ0n) is 8.05. The van der Waals surface area contributed by atoms with Crippen LogP contribution in [0.3, 0.4) is 0 Å². The van der Waals surface area contributed by atoms with Crippen LogP contribution in [0.2, 0.25) is 0 Å².